The highest BCUT2D eigenvalue weighted by atomic mass is 14.8. The van der Waals surface area contributed by atoms with Gasteiger partial charge in [0.1, 0.15) is 0 Å². The van der Waals surface area contributed by atoms with Crippen LogP contribution in [0.5, 0.6) is 0 Å². The molecule has 0 amide bonds. The highest BCUT2D eigenvalue weighted by Crippen LogP contribution is 2.28. The molecule has 0 bridgehead atoms. The third-order valence-corrected chi connectivity index (χ3v) is 3.68. The average Bonchev–Trinajstić information content (AvgIpc) is 2.25. The van der Waals surface area contributed by atoms with E-state index in [0.29, 0.717) is 0 Å². The van der Waals surface area contributed by atoms with Crippen molar-refractivity contribution in [2.75, 3.05) is 13.6 Å². The third-order valence-electron chi connectivity index (χ3n) is 3.68. The predicted octanol–water partition coefficient (Wildman–Crippen LogP) is 3.59. The van der Waals surface area contributed by atoms with E-state index in [0.717, 1.165) is 11.8 Å². The van der Waals surface area contributed by atoms with Crippen LogP contribution in [0, 0.1) is 11.8 Å². The van der Waals surface area contributed by atoms with E-state index in [-0.39, 0.29) is 0 Å². The van der Waals surface area contributed by atoms with Gasteiger partial charge >= 0.3 is 0 Å². The zero-order valence-corrected chi connectivity index (χ0v) is 10.0. The fourth-order valence-electron chi connectivity index (χ4n) is 2.53. The number of hydrogen-bond donors (Lipinski definition) is 1. The maximum absolute atomic E-state index is 3.24. The van der Waals surface area contributed by atoms with Gasteiger partial charge in [-0.15, -0.1) is 0 Å². The number of nitrogens with one attached hydrogen (secondary N) is 1. The third kappa shape index (κ3) is 4.99. The van der Waals surface area contributed by atoms with Gasteiger partial charge in [0.25, 0.3) is 0 Å². The Labute approximate surface area is 89.7 Å². The highest BCUT2D eigenvalue weighted by molar-refractivity contribution is 4.67. The van der Waals surface area contributed by atoms with E-state index in [1.54, 1.807) is 0 Å². The van der Waals surface area contributed by atoms with Gasteiger partial charge in [-0.25, -0.2) is 0 Å². The monoisotopic (exact) mass is 197 g/mol. The first-order valence-electron chi connectivity index (χ1n) is 6.47. The maximum atomic E-state index is 3.24. The van der Waals surface area contributed by atoms with Gasteiger partial charge in [-0.3, -0.25) is 0 Å². The van der Waals surface area contributed by atoms with E-state index < -0.39 is 0 Å². The summed E-state index contributed by atoms with van der Waals surface area (Å²) in [7, 11) is 2.05. The van der Waals surface area contributed by atoms with Crippen LogP contribution in [0.15, 0.2) is 0 Å². The van der Waals surface area contributed by atoms with E-state index >= 15 is 0 Å². The molecule has 0 heterocycles. The van der Waals surface area contributed by atoms with Crippen molar-refractivity contribution in [3.8, 4) is 0 Å². The molecule has 1 aliphatic rings. The average molecular weight is 197 g/mol. The van der Waals surface area contributed by atoms with Crippen molar-refractivity contribution in [1.82, 2.24) is 5.32 Å². The number of rotatable bonds is 6. The first-order valence-corrected chi connectivity index (χ1v) is 6.47. The van der Waals surface area contributed by atoms with Crippen LogP contribution in [0.2, 0.25) is 0 Å². The van der Waals surface area contributed by atoms with Gasteiger partial charge in [0, 0.05) is 0 Å². The molecule has 0 radical (unpaired) electrons. The van der Waals surface area contributed by atoms with Gasteiger partial charge < -0.3 is 5.32 Å². The van der Waals surface area contributed by atoms with E-state index in [1.165, 1.54) is 57.9 Å². The Kier molecular flexibility index (Phi) is 6.25. The zero-order chi connectivity index (χ0) is 10.2. The molecule has 1 N–H and O–H groups in total. The smallest absolute Gasteiger partial charge is 0.00494 e. The van der Waals surface area contributed by atoms with Crippen LogP contribution in [0.3, 0.4) is 0 Å². The van der Waals surface area contributed by atoms with E-state index in [1.807, 2.05) is 7.05 Å². The molecule has 1 aliphatic carbocycles. The molecule has 14 heavy (non-hydrogen) atoms. The Hall–Kier alpha value is -0.0400. The molecular formula is C13H27N. The second kappa shape index (κ2) is 7.28. The van der Waals surface area contributed by atoms with Gasteiger partial charge in [0.05, 0.1) is 0 Å². The first-order chi connectivity index (χ1) is 6.83. The minimum Gasteiger partial charge on any atom is -0.320 e. The molecule has 1 heteroatoms. The van der Waals surface area contributed by atoms with Crippen LogP contribution in [-0.2, 0) is 0 Å². The summed E-state index contributed by atoms with van der Waals surface area (Å²) in [6.45, 7) is 3.59. The lowest BCUT2D eigenvalue weighted by Crippen LogP contribution is -2.13. The lowest BCUT2D eigenvalue weighted by atomic mass is 9.84. The molecule has 0 aliphatic heterocycles. The molecule has 0 aromatic carbocycles. The van der Waals surface area contributed by atoms with Gasteiger partial charge in [-0.1, -0.05) is 51.9 Å². The minimum absolute atomic E-state index is 0.921. The summed E-state index contributed by atoms with van der Waals surface area (Å²) in [4.78, 5) is 0. The van der Waals surface area contributed by atoms with Gasteiger partial charge in [-0.2, -0.15) is 0 Å². The van der Waals surface area contributed by atoms with Crippen molar-refractivity contribution < 1.29 is 0 Å². The Balaban J connectivity index is 2.00. The van der Waals surface area contributed by atoms with Gasteiger partial charge in [0.2, 0.25) is 0 Å². The molecule has 1 saturated carbocycles. The molecule has 1 fully saturated rings. The SMILES string of the molecule is CNCCC(C)CCC1CCCCC1. The normalized spacial score (nSPS) is 21.0. The molecular weight excluding hydrogens is 170 g/mol. The van der Waals surface area contributed by atoms with Crippen molar-refractivity contribution in [2.24, 2.45) is 11.8 Å². The van der Waals surface area contributed by atoms with Gasteiger partial charge in [-0.05, 0) is 31.8 Å². The van der Waals surface area contributed by atoms with Crippen LogP contribution in [0.1, 0.15) is 58.3 Å². The fraction of sp³-hybridized carbons (Fsp3) is 1.00. The van der Waals surface area contributed by atoms with Crippen LogP contribution in [0.4, 0.5) is 0 Å². The van der Waals surface area contributed by atoms with Crippen LogP contribution in [-0.4, -0.2) is 13.6 Å². The van der Waals surface area contributed by atoms with Crippen LogP contribution in [0.25, 0.3) is 0 Å². The van der Waals surface area contributed by atoms with E-state index in [4.69, 9.17) is 0 Å². The minimum atomic E-state index is 0.921. The number of hydrogen-bond acceptors (Lipinski definition) is 1. The molecule has 0 aromatic heterocycles. The van der Waals surface area contributed by atoms with Crippen molar-refractivity contribution >= 4 is 0 Å². The fourth-order valence-corrected chi connectivity index (χ4v) is 2.53. The van der Waals surface area contributed by atoms with Crippen molar-refractivity contribution in [2.45, 2.75) is 58.3 Å². The summed E-state index contributed by atoms with van der Waals surface area (Å²) in [6.07, 6.45) is 11.8. The topological polar surface area (TPSA) is 12.0 Å². The second-order valence-corrected chi connectivity index (χ2v) is 5.08. The Morgan fingerprint density at radius 2 is 1.86 bits per heavy atom. The molecule has 1 nitrogen and oxygen atoms in total. The van der Waals surface area contributed by atoms with Crippen molar-refractivity contribution in [3.05, 3.63) is 0 Å². The van der Waals surface area contributed by atoms with Crippen molar-refractivity contribution in [3.63, 3.8) is 0 Å². The quantitative estimate of drug-likeness (QED) is 0.686. The summed E-state index contributed by atoms with van der Waals surface area (Å²) >= 11 is 0. The largest absolute Gasteiger partial charge is 0.320 e. The first kappa shape index (κ1) is 12.0. The summed E-state index contributed by atoms with van der Waals surface area (Å²) in [5.74, 6) is 1.99. The van der Waals surface area contributed by atoms with E-state index in [9.17, 15) is 0 Å². The Bertz CT molecular complexity index is 127. The summed E-state index contributed by atoms with van der Waals surface area (Å²) in [5, 5.41) is 3.24. The molecule has 1 unspecified atom stereocenters. The second-order valence-electron chi connectivity index (χ2n) is 5.08. The summed E-state index contributed by atoms with van der Waals surface area (Å²) in [6, 6.07) is 0. The van der Waals surface area contributed by atoms with Gasteiger partial charge in [0.15, 0.2) is 0 Å². The Morgan fingerprint density at radius 1 is 1.14 bits per heavy atom. The molecule has 1 atom stereocenters. The summed E-state index contributed by atoms with van der Waals surface area (Å²) in [5.41, 5.74) is 0. The van der Waals surface area contributed by atoms with Crippen LogP contribution < -0.4 is 5.32 Å². The molecule has 0 saturated heterocycles. The highest BCUT2D eigenvalue weighted by Gasteiger charge is 2.14. The van der Waals surface area contributed by atoms with Crippen molar-refractivity contribution in [1.29, 1.82) is 0 Å². The maximum Gasteiger partial charge on any atom is -0.00494 e. The molecule has 0 aromatic rings. The Morgan fingerprint density at radius 3 is 2.50 bits per heavy atom. The standard InChI is InChI=1S/C13H27N/c1-12(10-11-14-2)8-9-13-6-4-3-5-7-13/h12-14H,3-11H2,1-2H3. The lowest BCUT2D eigenvalue weighted by molar-refractivity contribution is 0.308. The summed E-state index contributed by atoms with van der Waals surface area (Å²) < 4.78 is 0. The predicted molar refractivity (Wildman–Crippen MR) is 63.5 cm³/mol. The molecule has 1 rings (SSSR count). The molecule has 84 valence electrons. The van der Waals surface area contributed by atoms with Crippen LogP contribution >= 0.6 is 0 Å². The molecule has 0 spiro atoms. The zero-order valence-electron chi connectivity index (χ0n) is 10.0. The van der Waals surface area contributed by atoms with E-state index in [2.05, 4.69) is 12.2 Å². The lowest BCUT2D eigenvalue weighted by Gasteiger charge is -2.22.